The van der Waals surface area contributed by atoms with Crippen LogP contribution in [0.5, 0.6) is 5.75 Å². The molecule has 0 aliphatic carbocycles. The molecule has 0 aliphatic heterocycles. The fourth-order valence-electron chi connectivity index (χ4n) is 2.32. The predicted octanol–water partition coefficient (Wildman–Crippen LogP) is 1.85. The highest BCUT2D eigenvalue weighted by Gasteiger charge is 2.05. The number of anilines is 2. The molecule has 8 nitrogen and oxygen atoms in total. The number of azo groups is 1. The lowest BCUT2D eigenvalue weighted by Gasteiger charge is -2.22. The first-order chi connectivity index (χ1) is 12.7. The van der Waals surface area contributed by atoms with E-state index in [9.17, 15) is 0 Å². The zero-order valence-electron chi connectivity index (χ0n) is 14.5. The van der Waals surface area contributed by atoms with Crippen LogP contribution in [0.1, 0.15) is 0 Å². The van der Waals surface area contributed by atoms with E-state index >= 15 is 0 Å². The van der Waals surface area contributed by atoms with Crippen molar-refractivity contribution in [1.82, 2.24) is 0 Å². The lowest BCUT2D eigenvalue weighted by Crippen LogP contribution is -2.29. The van der Waals surface area contributed by atoms with Crippen molar-refractivity contribution in [3.05, 3.63) is 42.5 Å². The van der Waals surface area contributed by atoms with Gasteiger partial charge in [-0.25, -0.2) is 0 Å². The van der Waals surface area contributed by atoms with Crippen molar-refractivity contribution in [2.75, 3.05) is 50.2 Å². The zero-order chi connectivity index (χ0) is 18.8. The number of rotatable bonds is 10. The van der Waals surface area contributed by atoms with Gasteiger partial charge in [-0.1, -0.05) is 0 Å². The van der Waals surface area contributed by atoms with Crippen LogP contribution in [0.25, 0.3) is 0 Å². The Balaban J connectivity index is 2.08. The molecule has 0 amide bonds. The smallest absolute Gasteiger partial charge is 0.144 e. The summed E-state index contributed by atoms with van der Waals surface area (Å²) in [5, 5.41) is 35.4. The van der Waals surface area contributed by atoms with Crippen LogP contribution < -0.4 is 15.4 Å². The van der Waals surface area contributed by atoms with Gasteiger partial charge in [0.15, 0.2) is 0 Å². The number of hydrogen-bond acceptors (Lipinski definition) is 8. The summed E-state index contributed by atoms with van der Waals surface area (Å²) in [5.74, 6) is 0.453. The molecule has 0 spiro atoms. The van der Waals surface area contributed by atoms with E-state index in [0.29, 0.717) is 35.9 Å². The highest BCUT2D eigenvalue weighted by molar-refractivity contribution is 5.59. The monoisotopic (exact) mass is 360 g/mol. The van der Waals surface area contributed by atoms with Crippen LogP contribution >= 0.6 is 0 Å². The quantitative estimate of drug-likeness (QED) is 0.379. The van der Waals surface area contributed by atoms with Crippen molar-refractivity contribution in [3.63, 3.8) is 0 Å². The van der Waals surface area contributed by atoms with Gasteiger partial charge in [0.25, 0.3) is 0 Å². The molecule has 0 saturated heterocycles. The maximum Gasteiger partial charge on any atom is 0.144 e. The van der Waals surface area contributed by atoms with Gasteiger partial charge in [0.2, 0.25) is 0 Å². The lowest BCUT2D eigenvalue weighted by atomic mass is 10.2. The molecule has 0 atom stereocenters. The molecule has 0 fully saturated rings. The second-order valence-corrected chi connectivity index (χ2v) is 5.44. The summed E-state index contributed by atoms with van der Waals surface area (Å²) in [6.07, 6.45) is 0. The molecule has 26 heavy (non-hydrogen) atoms. The second kappa shape index (κ2) is 10.3. The fourth-order valence-corrected chi connectivity index (χ4v) is 2.32. The van der Waals surface area contributed by atoms with Crippen molar-refractivity contribution in [2.24, 2.45) is 10.2 Å². The van der Waals surface area contributed by atoms with Crippen LogP contribution in [0.2, 0.25) is 0 Å². The number of nitrogens with zero attached hydrogens (tertiary/aromatic N) is 3. The summed E-state index contributed by atoms with van der Waals surface area (Å²) in [4.78, 5) is 1.88. The Morgan fingerprint density at radius 1 is 0.846 bits per heavy atom. The molecule has 0 heterocycles. The highest BCUT2D eigenvalue weighted by Crippen LogP contribution is 2.28. The molecule has 140 valence electrons. The van der Waals surface area contributed by atoms with Gasteiger partial charge in [-0.2, -0.15) is 10.2 Å². The van der Waals surface area contributed by atoms with E-state index in [0.717, 1.165) is 5.69 Å². The molecular weight excluding hydrogens is 336 g/mol. The standard InChI is InChI=1S/C18H24N4O4/c19-17-6-3-15(13-18(17)26-12-11-25)21-20-14-1-4-16(5-2-14)22(7-9-23)8-10-24/h1-6,13,23-25H,7-12,19H2. The Morgan fingerprint density at radius 3 is 2.08 bits per heavy atom. The Hall–Kier alpha value is -2.68. The Kier molecular flexibility index (Phi) is 7.81. The van der Waals surface area contributed by atoms with Crippen LogP contribution in [0.4, 0.5) is 22.7 Å². The number of aliphatic hydroxyl groups is 3. The summed E-state index contributed by atoms with van der Waals surface area (Å²) in [6, 6.07) is 12.4. The van der Waals surface area contributed by atoms with Crippen LogP contribution in [0.15, 0.2) is 52.7 Å². The van der Waals surface area contributed by atoms with Crippen LogP contribution in [-0.2, 0) is 0 Å². The molecule has 8 heteroatoms. The van der Waals surface area contributed by atoms with E-state index in [4.69, 9.17) is 25.8 Å². The van der Waals surface area contributed by atoms with Gasteiger partial charge < -0.3 is 30.7 Å². The summed E-state index contributed by atoms with van der Waals surface area (Å²) < 4.78 is 5.34. The third-order valence-corrected chi connectivity index (χ3v) is 3.58. The predicted molar refractivity (Wildman–Crippen MR) is 100 cm³/mol. The van der Waals surface area contributed by atoms with Gasteiger partial charge in [-0.15, -0.1) is 0 Å². The first-order valence-corrected chi connectivity index (χ1v) is 8.29. The van der Waals surface area contributed by atoms with E-state index in [2.05, 4.69) is 10.2 Å². The normalized spacial score (nSPS) is 11.0. The molecule has 0 bridgehead atoms. The van der Waals surface area contributed by atoms with Crippen molar-refractivity contribution >= 4 is 22.7 Å². The molecule has 0 saturated carbocycles. The van der Waals surface area contributed by atoms with Gasteiger partial charge in [0.05, 0.1) is 36.9 Å². The van der Waals surface area contributed by atoms with Crippen molar-refractivity contribution in [2.45, 2.75) is 0 Å². The summed E-state index contributed by atoms with van der Waals surface area (Å²) in [6.45, 7) is 0.983. The minimum absolute atomic E-state index is 0.0132. The maximum absolute atomic E-state index is 9.10. The van der Waals surface area contributed by atoms with Crippen LogP contribution in [-0.4, -0.2) is 54.8 Å². The molecule has 2 rings (SSSR count). The van der Waals surface area contributed by atoms with E-state index in [-0.39, 0.29) is 26.4 Å². The second-order valence-electron chi connectivity index (χ2n) is 5.44. The Bertz CT molecular complexity index is 701. The molecule has 0 radical (unpaired) electrons. The highest BCUT2D eigenvalue weighted by atomic mass is 16.5. The molecule has 0 unspecified atom stereocenters. The van der Waals surface area contributed by atoms with Gasteiger partial charge in [0.1, 0.15) is 12.4 Å². The summed E-state index contributed by atoms with van der Waals surface area (Å²) in [7, 11) is 0. The van der Waals surface area contributed by atoms with E-state index in [1.807, 2.05) is 17.0 Å². The van der Waals surface area contributed by atoms with E-state index < -0.39 is 0 Å². The number of nitrogens with two attached hydrogens (primary N) is 1. The number of nitrogen functional groups attached to an aromatic ring is 1. The third kappa shape index (κ3) is 5.69. The fraction of sp³-hybridized carbons (Fsp3) is 0.333. The molecular formula is C18H24N4O4. The number of hydrogen-bond donors (Lipinski definition) is 4. The summed E-state index contributed by atoms with van der Waals surface area (Å²) in [5.41, 5.74) is 8.41. The van der Waals surface area contributed by atoms with Gasteiger partial charge in [-0.3, -0.25) is 0 Å². The lowest BCUT2D eigenvalue weighted by molar-refractivity contribution is 0.202. The van der Waals surface area contributed by atoms with Crippen LogP contribution in [0, 0.1) is 0 Å². The van der Waals surface area contributed by atoms with Gasteiger partial charge in [-0.05, 0) is 36.4 Å². The Morgan fingerprint density at radius 2 is 1.46 bits per heavy atom. The van der Waals surface area contributed by atoms with E-state index in [1.165, 1.54) is 0 Å². The summed E-state index contributed by atoms with van der Waals surface area (Å²) >= 11 is 0. The largest absolute Gasteiger partial charge is 0.489 e. The molecule has 2 aromatic rings. The number of benzene rings is 2. The minimum atomic E-state index is -0.0961. The molecule has 5 N–H and O–H groups in total. The van der Waals surface area contributed by atoms with Crippen molar-refractivity contribution in [1.29, 1.82) is 0 Å². The first kappa shape index (κ1) is 19.6. The third-order valence-electron chi connectivity index (χ3n) is 3.58. The number of ether oxygens (including phenoxy) is 1. The van der Waals surface area contributed by atoms with Gasteiger partial charge in [0, 0.05) is 24.8 Å². The average molecular weight is 360 g/mol. The van der Waals surface area contributed by atoms with Gasteiger partial charge >= 0.3 is 0 Å². The molecule has 0 aromatic heterocycles. The molecule has 2 aromatic carbocycles. The SMILES string of the molecule is Nc1ccc(N=Nc2ccc(N(CCO)CCO)cc2)cc1OCCO. The average Bonchev–Trinajstić information content (AvgIpc) is 2.66. The van der Waals surface area contributed by atoms with Crippen molar-refractivity contribution < 1.29 is 20.1 Å². The maximum atomic E-state index is 9.10. The Labute approximate surface area is 152 Å². The minimum Gasteiger partial charge on any atom is -0.489 e. The van der Waals surface area contributed by atoms with Crippen molar-refractivity contribution in [3.8, 4) is 5.75 Å². The van der Waals surface area contributed by atoms with Crippen LogP contribution in [0.3, 0.4) is 0 Å². The first-order valence-electron chi connectivity index (χ1n) is 8.29. The topological polar surface area (TPSA) is 124 Å². The van der Waals surface area contributed by atoms with E-state index in [1.54, 1.807) is 30.3 Å². The number of aliphatic hydroxyl groups excluding tert-OH is 3. The molecule has 0 aliphatic rings. The zero-order valence-corrected chi connectivity index (χ0v) is 14.5.